The molecule has 0 bridgehead atoms. The topological polar surface area (TPSA) is 43.0 Å². The zero-order chi connectivity index (χ0) is 9.54. The van der Waals surface area contributed by atoms with Gasteiger partial charge in [-0.3, -0.25) is 5.84 Å². The van der Waals surface area contributed by atoms with Crippen molar-refractivity contribution in [2.24, 2.45) is 5.84 Å². The number of nitrogens with two attached hydrogens (primary N) is 1. The van der Waals surface area contributed by atoms with Gasteiger partial charge in [-0.05, 0) is 36.6 Å². The summed E-state index contributed by atoms with van der Waals surface area (Å²) in [7, 11) is 0. The Morgan fingerprint density at radius 1 is 1.36 bits per heavy atom. The van der Waals surface area contributed by atoms with E-state index in [1.165, 1.54) is 22.9 Å². The molecule has 3 rings (SSSR count). The molecule has 14 heavy (non-hydrogen) atoms. The van der Waals surface area contributed by atoms with E-state index in [2.05, 4.69) is 34.4 Å². The number of hydrazine groups is 1. The van der Waals surface area contributed by atoms with E-state index in [-0.39, 0.29) is 0 Å². The maximum atomic E-state index is 5.43. The van der Waals surface area contributed by atoms with E-state index in [1.807, 2.05) is 0 Å². The van der Waals surface area contributed by atoms with Crippen LogP contribution in [-0.4, -0.2) is 4.57 Å². The standard InChI is InChI=1S/C11H13N3/c12-13-10-6-8-2-1-4-14-5-3-9(7-10)11(8)14/h3,5-7,13H,1-2,4,12H2. The fourth-order valence-corrected chi connectivity index (χ4v) is 2.34. The summed E-state index contributed by atoms with van der Waals surface area (Å²) in [5, 5.41) is 1.29. The molecule has 0 aliphatic carbocycles. The van der Waals surface area contributed by atoms with Crippen molar-refractivity contribution < 1.29 is 0 Å². The zero-order valence-corrected chi connectivity index (χ0v) is 7.96. The molecule has 3 N–H and O–H groups in total. The summed E-state index contributed by atoms with van der Waals surface area (Å²) in [4.78, 5) is 0. The van der Waals surface area contributed by atoms with Crippen LogP contribution in [0.5, 0.6) is 0 Å². The third-order valence-corrected chi connectivity index (χ3v) is 2.95. The molecular formula is C11H13N3. The van der Waals surface area contributed by atoms with Crippen LogP contribution in [0.25, 0.3) is 10.9 Å². The first-order valence-corrected chi connectivity index (χ1v) is 4.97. The van der Waals surface area contributed by atoms with Crippen LogP contribution in [0.2, 0.25) is 0 Å². The summed E-state index contributed by atoms with van der Waals surface area (Å²) < 4.78 is 2.33. The first-order chi connectivity index (χ1) is 6.88. The minimum Gasteiger partial charge on any atom is -0.347 e. The Balaban J connectivity index is 2.36. The molecular weight excluding hydrogens is 174 g/mol. The number of nitrogens with one attached hydrogen (secondary N) is 1. The Morgan fingerprint density at radius 2 is 2.29 bits per heavy atom. The molecule has 1 aromatic heterocycles. The van der Waals surface area contributed by atoms with Crippen LogP contribution in [0.3, 0.4) is 0 Å². The fourth-order valence-electron chi connectivity index (χ4n) is 2.34. The number of nitrogen functional groups attached to an aromatic ring is 1. The molecule has 0 atom stereocenters. The Labute approximate surface area is 82.5 Å². The van der Waals surface area contributed by atoms with Gasteiger partial charge in [-0.15, -0.1) is 0 Å². The molecule has 0 saturated carbocycles. The van der Waals surface area contributed by atoms with Gasteiger partial charge in [0.25, 0.3) is 0 Å². The molecule has 0 fully saturated rings. The number of nitrogens with zero attached hydrogens (tertiary/aromatic N) is 1. The van der Waals surface area contributed by atoms with Crippen LogP contribution >= 0.6 is 0 Å². The third kappa shape index (κ3) is 0.960. The van der Waals surface area contributed by atoms with Gasteiger partial charge in [0.05, 0.1) is 5.52 Å². The molecule has 0 amide bonds. The van der Waals surface area contributed by atoms with E-state index in [9.17, 15) is 0 Å². The molecule has 0 saturated heterocycles. The summed E-state index contributed by atoms with van der Waals surface area (Å²) in [5.74, 6) is 5.43. The number of hydrogen-bond acceptors (Lipinski definition) is 2. The minimum absolute atomic E-state index is 1.01. The second-order valence-electron chi connectivity index (χ2n) is 3.83. The van der Waals surface area contributed by atoms with Gasteiger partial charge in [0.15, 0.2) is 0 Å². The molecule has 2 heterocycles. The Kier molecular flexibility index (Phi) is 1.55. The third-order valence-electron chi connectivity index (χ3n) is 2.95. The smallest absolute Gasteiger partial charge is 0.0514 e. The van der Waals surface area contributed by atoms with Gasteiger partial charge in [0.1, 0.15) is 0 Å². The van der Waals surface area contributed by atoms with Crippen LogP contribution in [-0.2, 0) is 13.0 Å². The fraction of sp³-hybridized carbons (Fsp3) is 0.273. The normalized spacial score (nSPS) is 14.6. The second-order valence-corrected chi connectivity index (χ2v) is 3.83. The minimum atomic E-state index is 1.01. The van der Waals surface area contributed by atoms with Crippen molar-refractivity contribution in [3.05, 3.63) is 30.0 Å². The van der Waals surface area contributed by atoms with Crippen LogP contribution in [0.15, 0.2) is 24.4 Å². The number of aromatic nitrogens is 1. The van der Waals surface area contributed by atoms with Gasteiger partial charge < -0.3 is 9.99 Å². The maximum Gasteiger partial charge on any atom is 0.0514 e. The molecule has 2 aromatic rings. The molecule has 72 valence electrons. The summed E-state index contributed by atoms with van der Waals surface area (Å²) in [6.45, 7) is 1.14. The van der Waals surface area contributed by atoms with E-state index in [4.69, 9.17) is 5.84 Å². The van der Waals surface area contributed by atoms with Crippen molar-refractivity contribution in [3.63, 3.8) is 0 Å². The maximum absolute atomic E-state index is 5.43. The molecule has 0 spiro atoms. The lowest BCUT2D eigenvalue weighted by molar-refractivity contribution is 0.636. The van der Waals surface area contributed by atoms with Crippen LogP contribution in [0.4, 0.5) is 5.69 Å². The zero-order valence-electron chi connectivity index (χ0n) is 7.96. The van der Waals surface area contributed by atoms with E-state index in [0.717, 1.165) is 18.7 Å². The van der Waals surface area contributed by atoms with E-state index in [0.29, 0.717) is 0 Å². The molecule has 1 aliphatic heterocycles. The average molecular weight is 187 g/mol. The number of hydrogen-bond donors (Lipinski definition) is 2. The lowest BCUT2D eigenvalue weighted by atomic mass is 10.0. The second kappa shape index (κ2) is 2.75. The summed E-state index contributed by atoms with van der Waals surface area (Å²) in [6, 6.07) is 6.41. The Bertz CT molecular complexity index is 484. The molecule has 3 heteroatoms. The predicted octanol–water partition coefficient (Wildman–Crippen LogP) is 1.87. The lowest BCUT2D eigenvalue weighted by Gasteiger charge is -2.16. The van der Waals surface area contributed by atoms with Crippen molar-refractivity contribution in [1.29, 1.82) is 0 Å². The predicted molar refractivity (Wildman–Crippen MR) is 58.1 cm³/mol. The van der Waals surface area contributed by atoms with Gasteiger partial charge in [-0.1, -0.05) is 0 Å². The van der Waals surface area contributed by atoms with E-state index in [1.54, 1.807) is 0 Å². The van der Waals surface area contributed by atoms with Crippen molar-refractivity contribution in [2.75, 3.05) is 5.43 Å². The average Bonchev–Trinajstić information content (AvgIpc) is 2.64. The van der Waals surface area contributed by atoms with Gasteiger partial charge in [0.2, 0.25) is 0 Å². The summed E-state index contributed by atoms with van der Waals surface area (Å²) in [6.07, 6.45) is 4.55. The largest absolute Gasteiger partial charge is 0.347 e. The van der Waals surface area contributed by atoms with Gasteiger partial charge in [-0.2, -0.15) is 0 Å². The number of benzene rings is 1. The summed E-state index contributed by atoms with van der Waals surface area (Å²) in [5.41, 5.74) is 6.52. The molecule has 0 radical (unpaired) electrons. The lowest BCUT2D eigenvalue weighted by Crippen LogP contribution is -2.10. The number of rotatable bonds is 1. The van der Waals surface area contributed by atoms with Crippen molar-refractivity contribution in [2.45, 2.75) is 19.4 Å². The highest BCUT2D eigenvalue weighted by Gasteiger charge is 2.12. The Morgan fingerprint density at radius 3 is 3.14 bits per heavy atom. The highest BCUT2D eigenvalue weighted by molar-refractivity contribution is 5.87. The van der Waals surface area contributed by atoms with Crippen molar-refractivity contribution >= 4 is 16.6 Å². The summed E-state index contributed by atoms with van der Waals surface area (Å²) >= 11 is 0. The Hall–Kier alpha value is -1.48. The first kappa shape index (κ1) is 7.88. The number of aryl methyl sites for hydroxylation is 2. The highest BCUT2D eigenvalue weighted by Crippen LogP contribution is 2.29. The monoisotopic (exact) mass is 187 g/mol. The van der Waals surface area contributed by atoms with E-state index >= 15 is 0 Å². The van der Waals surface area contributed by atoms with Crippen molar-refractivity contribution in [3.8, 4) is 0 Å². The SMILES string of the molecule is NNc1cc2c3c(ccn3CCC2)c1. The number of anilines is 1. The molecule has 1 aromatic carbocycles. The highest BCUT2D eigenvalue weighted by atomic mass is 15.2. The van der Waals surface area contributed by atoms with Crippen LogP contribution in [0.1, 0.15) is 12.0 Å². The van der Waals surface area contributed by atoms with E-state index < -0.39 is 0 Å². The quantitative estimate of drug-likeness (QED) is 0.528. The van der Waals surface area contributed by atoms with Crippen LogP contribution in [0, 0.1) is 0 Å². The van der Waals surface area contributed by atoms with Crippen LogP contribution < -0.4 is 11.3 Å². The molecule has 0 unspecified atom stereocenters. The van der Waals surface area contributed by atoms with Gasteiger partial charge in [0, 0.05) is 23.8 Å². The van der Waals surface area contributed by atoms with Crippen molar-refractivity contribution in [1.82, 2.24) is 4.57 Å². The van der Waals surface area contributed by atoms with Gasteiger partial charge >= 0.3 is 0 Å². The first-order valence-electron chi connectivity index (χ1n) is 4.97. The van der Waals surface area contributed by atoms with Gasteiger partial charge in [-0.25, -0.2) is 0 Å². The molecule has 1 aliphatic rings. The molecule has 3 nitrogen and oxygen atoms in total.